The fourth-order valence-corrected chi connectivity index (χ4v) is 3.45. The van der Waals surface area contributed by atoms with Crippen LogP contribution < -0.4 is 0 Å². The fourth-order valence-electron chi connectivity index (χ4n) is 3.30. The highest BCUT2D eigenvalue weighted by Gasteiger charge is 2.13. The Kier molecular flexibility index (Phi) is 4.65. The quantitative estimate of drug-likeness (QED) is 0.497. The Morgan fingerprint density at radius 2 is 1.85 bits per heavy atom. The van der Waals surface area contributed by atoms with E-state index < -0.39 is 5.97 Å². The van der Waals surface area contributed by atoms with Crippen LogP contribution in [0.4, 0.5) is 0 Å². The first-order valence-electron chi connectivity index (χ1n) is 8.59. The van der Waals surface area contributed by atoms with Gasteiger partial charge in [0.05, 0.1) is 5.56 Å². The van der Waals surface area contributed by atoms with E-state index in [1.807, 2.05) is 24.3 Å². The molecule has 0 bridgehead atoms. The normalized spacial score (nSPS) is 11.0. The lowest BCUT2D eigenvalue weighted by Crippen LogP contribution is -2.04. The van der Waals surface area contributed by atoms with Crippen molar-refractivity contribution in [1.82, 2.24) is 9.55 Å². The van der Waals surface area contributed by atoms with Crippen molar-refractivity contribution in [1.29, 1.82) is 0 Å². The number of carboxylic acid groups (broad SMARTS) is 1. The summed E-state index contributed by atoms with van der Waals surface area (Å²) in [5.41, 5.74) is 4.27. The van der Waals surface area contributed by atoms with E-state index in [9.17, 15) is 9.90 Å². The van der Waals surface area contributed by atoms with Crippen LogP contribution in [0.1, 0.15) is 27.0 Å². The van der Waals surface area contributed by atoms with Crippen LogP contribution in [0.25, 0.3) is 10.9 Å². The zero-order valence-electron chi connectivity index (χ0n) is 14.5. The molecule has 2 aromatic heterocycles. The topological polar surface area (TPSA) is 55.1 Å². The first-order chi connectivity index (χ1) is 13.1. The zero-order chi connectivity index (χ0) is 18.8. The summed E-state index contributed by atoms with van der Waals surface area (Å²) < 4.78 is 2.21. The minimum absolute atomic E-state index is 0.185. The summed E-state index contributed by atoms with van der Waals surface area (Å²) in [5, 5.41) is 10.7. The number of halogens is 1. The zero-order valence-corrected chi connectivity index (χ0v) is 15.2. The molecule has 5 heteroatoms. The highest BCUT2D eigenvalue weighted by molar-refractivity contribution is 6.29. The van der Waals surface area contributed by atoms with Gasteiger partial charge in [-0.3, -0.25) is 0 Å². The van der Waals surface area contributed by atoms with Crippen molar-refractivity contribution >= 4 is 28.5 Å². The van der Waals surface area contributed by atoms with Crippen molar-refractivity contribution in [3.8, 4) is 0 Å². The van der Waals surface area contributed by atoms with Crippen LogP contribution in [0.15, 0.2) is 73.1 Å². The molecule has 0 unspecified atom stereocenters. The fraction of sp³-hybridized carbons (Fsp3) is 0.0909. The van der Waals surface area contributed by atoms with E-state index in [-0.39, 0.29) is 10.7 Å². The third-order valence-corrected chi connectivity index (χ3v) is 4.82. The van der Waals surface area contributed by atoms with Gasteiger partial charge in [-0.15, -0.1) is 0 Å². The van der Waals surface area contributed by atoms with Crippen LogP contribution in [0.3, 0.4) is 0 Å². The maximum Gasteiger partial charge on any atom is 0.336 e. The molecule has 0 amide bonds. The second kappa shape index (κ2) is 7.25. The summed E-state index contributed by atoms with van der Waals surface area (Å²) in [6.45, 7) is 0.813. The Morgan fingerprint density at radius 1 is 1.04 bits per heavy atom. The number of hydrogen-bond acceptors (Lipinski definition) is 2. The summed E-state index contributed by atoms with van der Waals surface area (Å²) in [4.78, 5) is 15.5. The van der Waals surface area contributed by atoms with Gasteiger partial charge in [-0.1, -0.05) is 48.0 Å². The molecule has 4 rings (SSSR count). The minimum Gasteiger partial charge on any atom is -0.478 e. The predicted octanol–water partition coefficient (Wildman–Crippen LogP) is 5.03. The van der Waals surface area contributed by atoms with E-state index in [1.54, 1.807) is 0 Å². The van der Waals surface area contributed by atoms with E-state index in [0.717, 1.165) is 23.0 Å². The van der Waals surface area contributed by atoms with Crippen LogP contribution in [-0.4, -0.2) is 20.6 Å². The number of nitrogens with zero attached hydrogens (tertiary/aromatic N) is 2. The van der Waals surface area contributed by atoms with Gasteiger partial charge < -0.3 is 9.67 Å². The standard InChI is InChI=1S/C22H17ClN2O2/c23-21-12-19(22(26)27)18(13-24-21)11-16-6-7-20-17(10-16)8-9-25(20)14-15-4-2-1-3-5-15/h1-10,12-13H,11,14H2,(H,26,27). The first-order valence-corrected chi connectivity index (χ1v) is 8.97. The van der Waals surface area contributed by atoms with Crippen LogP contribution in [0.5, 0.6) is 0 Å². The summed E-state index contributed by atoms with van der Waals surface area (Å²) in [6, 6.07) is 20.0. The van der Waals surface area contributed by atoms with Crippen molar-refractivity contribution in [2.45, 2.75) is 13.0 Å². The van der Waals surface area contributed by atoms with Gasteiger partial charge in [0.25, 0.3) is 0 Å². The molecule has 2 aromatic carbocycles. The summed E-state index contributed by atoms with van der Waals surface area (Å²) in [6.07, 6.45) is 4.11. The van der Waals surface area contributed by atoms with Crippen LogP contribution in [0.2, 0.25) is 5.15 Å². The average Bonchev–Trinajstić information content (AvgIpc) is 3.06. The number of pyridine rings is 1. The summed E-state index contributed by atoms with van der Waals surface area (Å²) in [5.74, 6) is -0.996. The lowest BCUT2D eigenvalue weighted by atomic mass is 10.0. The largest absolute Gasteiger partial charge is 0.478 e. The number of fused-ring (bicyclic) bond motifs is 1. The summed E-state index contributed by atoms with van der Waals surface area (Å²) >= 11 is 5.83. The lowest BCUT2D eigenvalue weighted by Gasteiger charge is -2.08. The van der Waals surface area contributed by atoms with Gasteiger partial charge in [0.1, 0.15) is 5.15 Å². The van der Waals surface area contributed by atoms with E-state index in [2.05, 4.69) is 46.1 Å². The van der Waals surface area contributed by atoms with Gasteiger partial charge >= 0.3 is 5.97 Å². The van der Waals surface area contributed by atoms with E-state index in [4.69, 9.17) is 11.6 Å². The van der Waals surface area contributed by atoms with Gasteiger partial charge in [0.2, 0.25) is 0 Å². The molecule has 2 heterocycles. The highest BCUT2D eigenvalue weighted by Crippen LogP contribution is 2.22. The van der Waals surface area contributed by atoms with Gasteiger partial charge in [0, 0.05) is 24.5 Å². The molecule has 4 nitrogen and oxygen atoms in total. The SMILES string of the molecule is O=C(O)c1cc(Cl)ncc1Cc1ccc2c(ccn2Cc2ccccc2)c1. The molecule has 27 heavy (non-hydrogen) atoms. The minimum atomic E-state index is -0.996. The van der Waals surface area contributed by atoms with E-state index in [0.29, 0.717) is 12.0 Å². The Bertz CT molecular complexity index is 1120. The maximum atomic E-state index is 11.5. The molecule has 0 saturated heterocycles. The van der Waals surface area contributed by atoms with Crippen molar-refractivity contribution in [3.63, 3.8) is 0 Å². The van der Waals surface area contributed by atoms with Crippen molar-refractivity contribution in [2.75, 3.05) is 0 Å². The number of aromatic carboxylic acids is 1. The van der Waals surface area contributed by atoms with Gasteiger partial charge in [-0.25, -0.2) is 9.78 Å². The molecule has 0 atom stereocenters. The highest BCUT2D eigenvalue weighted by atomic mass is 35.5. The third-order valence-electron chi connectivity index (χ3n) is 4.61. The predicted molar refractivity (Wildman–Crippen MR) is 106 cm³/mol. The third kappa shape index (κ3) is 3.71. The molecule has 0 spiro atoms. The van der Waals surface area contributed by atoms with Crippen molar-refractivity contribution in [2.24, 2.45) is 0 Å². The second-order valence-electron chi connectivity index (χ2n) is 6.47. The molecule has 0 fully saturated rings. The molecular weight excluding hydrogens is 360 g/mol. The molecule has 0 aliphatic carbocycles. The number of benzene rings is 2. The molecule has 0 radical (unpaired) electrons. The Labute approximate surface area is 161 Å². The molecule has 0 aliphatic rings. The first kappa shape index (κ1) is 17.3. The number of carbonyl (C=O) groups is 1. The van der Waals surface area contributed by atoms with Gasteiger partial charge in [-0.05, 0) is 52.8 Å². The Hall–Kier alpha value is -3.11. The lowest BCUT2D eigenvalue weighted by molar-refractivity contribution is 0.0695. The average molecular weight is 377 g/mol. The molecule has 4 aromatic rings. The van der Waals surface area contributed by atoms with Crippen molar-refractivity contribution < 1.29 is 9.90 Å². The van der Waals surface area contributed by atoms with E-state index >= 15 is 0 Å². The van der Waals surface area contributed by atoms with Gasteiger partial charge in [0.15, 0.2) is 0 Å². The molecule has 0 saturated carbocycles. The number of hydrogen-bond donors (Lipinski definition) is 1. The van der Waals surface area contributed by atoms with E-state index in [1.165, 1.54) is 17.8 Å². The van der Waals surface area contributed by atoms with Crippen LogP contribution in [0, 0.1) is 0 Å². The van der Waals surface area contributed by atoms with Gasteiger partial charge in [-0.2, -0.15) is 0 Å². The molecule has 134 valence electrons. The smallest absolute Gasteiger partial charge is 0.336 e. The maximum absolute atomic E-state index is 11.5. The Balaban J connectivity index is 1.63. The van der Waals surface area contributed by atoms with Crippen LogP contribution in [-0.2, 0) is 13.0 Å². The molecule has 1 N–H and O–H groups in total. The monoisotopic (exact) mass is 376 g/mol. The van der Waals surface area contributed by atoms with Crippen molar-refractivity contribution in [3.05, 3.63) is 100 Å². The number of aromatic nitrogens is 2. The number of rotatable bonds is 5. The second-order valence-corrected chi connectivity index (χ2v) is 6.86. The Morgan fingerprint density at radius 3 is 2.63 bits per heavy atom. The summed E-state index contributed by atoms with van der Waals surface area (Å²) in [7, 11) is 0. The molecular formula is C22H17ClN2O2. The number of carboxylic acids is 1. The molecule has 0 aliphatic heterocycles. The van der Waals surface area contributed by atoms with Crippen LogP contribution >= 0.6 is 11.6 Å².